The SMILES string of the molecule is NCC[NH][Fe]([CH2]C(=O)O)([CH2]C(=O)O)([CH2]C(=O)O)[CH2]C(=O)O. The molecule has 0 aliphatic rings. The van der Waals surface area contributed by atoms with Gasteiger partial charge in [-0.1, -0.05) is 0 Å². The Morgan fingerprint density at radius 1 is 0.762 bits per heavy atom. The molecule has 0 heterocycles. The molecule has 0 fully saturated rings. The Labute approximate surface area is 120 Å². The molecule has 0 unspecified atom stereocenters. The van der Waals surface area contributed by atoms with Crippen LogP contribution in [0, 0.1) is 0 Å². The van der Waals surface area contributed by atoms with Crippen LogP contribution in [0.3, 0.4) is 0 Å². The van der Waals surface area contributed by atoms with Crippen LogP contribution in [0.4, 0.5) is 0 Å². The van der Waals surface area contributed by atoms with Crippen molar-refractivity contribution in [2.24, 2.45) is 5.73 Å². The van der Waals surface area contributed by atoms with Crippen molar-refractivity contribution in [3.63, 3.8) is 0 Å². The fraction of sp³-hybridized carbons (Fsp3) is 0.600. The second kappa shape index (κ2) is 7.36. The summed E-state index contributed by atoms with van der Waals surface area (Å²) < 4.78 is 2.62. The molecule has 0 radical (unpaired) electrons. The van der Waals surface area contributed by atoms with Gasteiger partial charge in [0.05, 0.1) is 0 Å². The van der Waals surface area contributed by atoms with Crippen LogP contribution < -0.4 is 10.1 Å². The van der Waals surface area contributed by atoms with E-state index in [1.54, 1.807) is 0 Å². The monoisotopic (exact) mass is 351 g/mol. The Balaban J connectivity index is 6.04. The van der Waals surface area contributed by atoms with Crippen molar-refractivity contribution in [2.75, 3.05) is 13.1 Å². The third-order valence-corrected chi connectivity index (χ3v) is 9.13. The summed E-state index contributed by atoms with van der Waals surface area (Å²) in [5.74, 6) is -5.81. The van der Waals surface area contributed by atoms with Gasteiger partial charge in [-0.2, -0.15) is 0 Å². The number of hydrogen-bond donors (Lipinski definition) is 6. The summed E-state index contributed by atoms with van der Waals surface area (Å²) in [4.78, 5) is 44.5. The molecule has 10 nitrogen and oxygen atoms in total. The fourth-order valence-electron chi connectivity index (χ4n) is 1.86. The number of aliphatic carboxylic acids is 4. The van der Waals surface area contributed by atoms with Crippen LogP contribution in [0.25, 0.3) is 0 Å². The van der Waals surface area contributed by atoms with Crippen molar-refractivity contribution < 1.29 is 51.6 Å². The molecule has 0 amide bonds. The predicted molar refractivity (Wildman–Crippen MR) is 66.8 cm³/mol. The minimum absolute atomic E-state index is 0.0147. The number of carbonyl (C=O) groups is 4. The third kappa shape index (κ3) is 6.08. The zero-order valence-electron chi connectivity index (χ0n) is 11.1. The van der Waals surface area contributed by atoms with Gasteiger partial charge in [-0.25, -0.2) is 0 Å². The van der Waals surface area contributed by atoms with Gasteiger partial charge < -0.3 is 0 Å². The van der Waals surface area contributed by atoms with E-state index in [1.807, 2.05) is 0 Å². The molecule has 0 saturated heterocycles. The molecule has 125 valence electrons. The second-order valence-corrected chi connectivity index (χ2v) is 11.1. The Kier molecular flexibility index (Phi) is 6.77. The van der Waals surface area contributed by atoms with Crippen molar-refractivity contribution in [3.05, 3.63) is 0 Å². The van der Waals surface area contributed by atoms with E-state index >= 15 is 0 Å². The van der Waals surface area contributed by atoms with Crippen molar-refractivity contribution in [1.82, 2.24) is 4.33 Å². The molecule has 0 aromatic carbocycles. The average molecular weight is 351 g/mol. The van der Waals surface area contributed by atoms with E-state index in [-0.39, 0.29) is 13.1 Å². The van der Waals surface area contributed by atoms with Gasteiger partial charge in [0.1, 0.15) is 0 Å². The first-order valence-corrected chi connectivity index (χ1v) is 9.24. The molecule has 0 atom stereocenters. The summed E-state index contributed by atoms with van der Waals surface area (Å²) in [5.41, 5.74) is 5.29. The van der Waals surface area contributed by atoms with Crippen LogP contribution in [0.1, 0.15) is 0 Å². The number of nitrogens with two attached hydrogens (primary N) is 1. The third-order valence-electron chi connectivity index (χ3n) is 2.32. The first-order chi connectivity index (χ1) is 9.54. The van der Waals surface area contributed by atoms with E-state index in [0.717, 1.165) is 0 Å². The van der Waals surface area contributed by atoms with E-state index < -0.39 is 57.2 Å². The Bertz CT molecular complexity index is 377. The molecule has 11 heteroatoms. The van der Waals surface area contributed by atoms with Crippen LogP contribution in [0.15, 0.2) is 0 Å². The van der Waals surface area contributed by atoms with Gasteiger partial charge in [-0.15, -0.1) is 0 Å². The molecule has 0 aromatic rings. The van der Waals surface area contributed by atoms with Crippen molar-refractivity contribution in [2.45, 2.75) is 21.3 Å². The summed E-state index contributed by atoms with van der Waals surface area (Å²) in [5, 5.41) is 32.8. The molecule has 0 aromatic heterocycles. The fourth-order valence-corrected chi connectivity index (χ4v) is 7.69. The first kappa shape index (κ1) is 19.3. The average Bonchev–Trinajstić information content (AvgIpc) is 2.21. The number of carboxylic acids is 4. The normalized spacial score (nSPS) is 13.1. The van der Waals surface area contributed by atoms with Gasteiger partial charge >= 0.3 is 120 Å². The summed E-state index contributed by atoms with van der Waals surface area (Å²) in [6.07, 6.45) is 0. The van der Waals surface area contributed by atoms with E-state index in [2.05, 4.69) is 4.33 Å². The van der Waals surface area contributed by atoms with Crippen LogP contribution in [-0.2, 0) is 31.2 Å². The molecular formula is C10H19FeN2O8. The van der Waals surface area contributed by atoms with E-state index in [0.29, 0.717) is 0 Å². The summed E-state index contributed by atoms with van der Waals surface area (Å²) in [7, 11) is 0. The van der Waals surface area contributed by atoms with Gasteiger partial charge in [-0.3, -0.25) is 0 Å². The van der Waals surface area contributed by atoms with Gasteiger partial charge in [0.25, 0.3) is 0 Å². The Hall–Kier alpha value is -1.68. The van der Waals surface area contributed by atoms with Gasteiger partial charge in [0.2, 0.25) is 0 Å². The van der Waals surface area contributed by atoms with E-state index in [1.165, 1.54) is 0 Å². The van der Waals surface area contributed by atoms with Crippen molar-refractivity contribution >= 4 is 23.9 Å². The van der Waals surface area contributed by atoms with Crippen LogP contribution in [0.2, 0.25) is 21.3 Å². The number of nitrogens with one attached hydrogen (secondary N) is 1. The van der Waals surface area contributed by atoms with Crippen LogP contribution in [-0.4, -0.2) is 57.4 Å². The molecule has 21 heavy (non-hydrogen) atoms. The summed E-state index contributed by atoms with van der Waals surface area (Å²) >= 11 is -4.49. The summed E-state index contributed by atoms with van der Waals surface area (Å²) in [6.45, 7) is -0.0803. The molecule has 0 spiro atoms. The molecule has 0 aliphatic heterocycles. The van der Waals surface area contributed by atoms with Gasteiger partial charge in [0.15, 0.2) is 0 Å². The molecular weight excluding hydrogens is 332 g/mol. The zero-order chi connectivity index (χ0) is 16.7. The topological polar surface area (TPSA) is 187 Å². The van der Waals surface area contributed by atoms with Gasteiger partial charge in [-0.05, 0) is 0 Å². The second-order valence-electron chi connectivity index (χ2n) is 4.30. The number of rotatable bonds is 11. The van der Waals surface area contributed by atoms with E-state index in [9.17, 15) is 19.2 Å². The molecule has 0 bridgehead atoms. The predicted octanol–water partition coefficient (Wildman–Crippen LogP) is -0.849. The molecule has 0 saturated carbocycles. The quantitative estimate of drug-likeness (QED) is 0.256. The maximum atomic E-state index is 11.1. The molecule has 7 N–H and O–H groups in total. The number of carboxylic acid groups (broad SMARTS) is 4. The van der Waals surface area contributed by atoms with Crippen molar-refractivity contribution in [3.8, 4) is 0 Å². The Morgan fingerprint density at radius 3 is 1.24 bits per heavy atom. The first-order valence-electron chi connectivity index (χ1n) is 5.56. The molecule has 0 aliphatic carbocycles. The molecule has 0 rings (SSSR count). The Morgan fingerprint density at radius 2 is 1.05 bits per heavy atom. The summed E-state index contributed by atoms with van der Waals surface area (Å²) in [6, 6.07) is 0. The van der Waals surface area contributed by atoms with Crippen LogP contribution in [0.5, 0.6) is 0 Å². The number of hydrogen-bond acceptors (Lipinski definition) is 6. The van der Waals surface area contributed by atoms with Crippen molar-refractivity contribution in [1.29, 1.82) is 0 Å². The minimum atomic E-state index is -4.49. The van der Waals surface area contributed by atoms with E-state index in [4.69, 9.17) is 26.2 Å². The standard InChI is InChI=1S/C2H7N2.4C2H3O2.Fe/c3-1-2-4;4*1-2(3)4;/h3H,1-2,4H2;4*1H2,(H,3,4);/q-1;;;;;+1. The van der Waals surface area contributed by atoms with Gasteiger partial charge in [0, 0.05) is 0 Å². The van der Waals surface area contributed by atoms with Crippen LogP contribution >= 0.6 is 0 Å². The zero-order valence-corrected chi connectivity index (χ0v) is 12.2. The maximum absolute atomic E-state index is 11.1.